The van der Waals surface area contributed by atoms with Crippen molar-refractivity contribution in [3.63, 3.8) is 0 Å². The minimum absolute atomic E-state index is 0.248. The second kappa shape index (κ2) is 9.66. The minimum Gasteiger partial charge on any atom is -0.508 e. The highest BCUT2D eigenvalue weighted by molar-refractivity contribution is 5.62. The fraction of sp³-hybridized carbons (Fsp3) is 0.292. The van der Waals surface area contributed by atoms with E-state index in [0.29, 0.717) is 36.2 Å². The molecule has 6 nitrogen and oxygen atoms in total. The molecule has 1 aliphatic heterocycles. The van der Waals surface area contributed by atoms with E-state index >= 15 is 0 Å². The van der Waals surface area contributed by atoms with Gasteiger partial charge < -0.3 is 10.4 Å². The van der Waals surface area contributed by atoms with Crippen molar-refractivity contribution in [3.05, 3.63) is 71.7 Å². The highest BCUT2D eigenvalue weighted by Gasteiger charge is 2.17. The van der Waals surface area contributed by atoms with E-state index < -0.39 is 0 Å². The van der Waals surface area contributed by atoms with Gasteiger partial charge in [-0.3, -0.25) is 9.89 Å². The number of nitrogens with zero attached hydrogens (tertiary/aromatic N) is 4. The molecule has 1 atom stereocenters. The van der Waals surface area contributed by atoms with Crippen molar-refractivity contribution in [3.8, 4) is 17.0 Å². The van der Waals surface area contributed by atoms with Crippen molar-refractivity contribution >= 4 is 12.2 Å². The Bertz CT molecular complexity index is 1070. The van der Waals surface area contributed by atoms with E-state index in [1.165, 1.54) is 6.07 Å². The Morgan fingerprint density at radius 2 is 2.06 bits per heavy atom. The molecule has 2 heterocycles. The first-order valence-electron chi connectivity index (χ1n) is 10.4. The summed E-state index contributed by atoms with van der Waals surface area (Å²) in [6.45, 7) is 5.08. The lowest BCUT2D eigenvalue weighted by molar-refractivity contribution is 0.228. The van der Waals surface area contributed by atoms with Crippen molar-refractivity contribution in [2.24, 2.45) is 4.99 Å². The van der Waals surface area contributed by atoms with Crippen LogP contribution >= 0.6 is 0 Å². The first kappa shape index (κ1) is 20.9. The number of anilines is 1. The average Bonchev–Trinajstić information content (AvgIpc) is 2.77. The third-order valence-electron chi connectivity index (χ3n) is 5.39. The maximum Gasteiger partial charge on any atom is 0.223 e. The number of benzene rings is 2. The lowest BCUT2D eigenvalue weighted by Crippen LogP contribution is -2.39. The van der Waals surface area contributed by atoms with Gasteiger partial charge in [-0.25, -0.2) is 14.4 Å². The van der Waals surface area contributed by atoms with Crippen LogP contribution in [-0.4, -0.2) is 51.9 Å². The molecule has 0 saturated heterocycles. The van der Waals surface area contributed by atoms with Gasteiger partial charge in [0.05, 0.1) is 12.2 Å². The first-order chi connectivity index (χ1) is 15.1. The van der Waals surface area contributed by atoms with Gasteiger partial charge in [0.2, 0.25) is 5.95 Å². The lowest BCUT2D eigenvalue weighted by Gasteiger charge is -2.29. The third-order valence-corrected chi connectivity index (χ3v) is 5.39. The molecule has 1 aliphatic rings. The summed E-state index contributed by atoms with van der Waals surface area (Å²) >= 11 is 0. The molecule has 1 aromatic heterocycles. The van der Waals surface area contributed by atoms with Crippen molar-refractivity contribution in [1.29, 1.82) is 0 Å². The van der Waals surface area contributed by atoms with E-state index in [1.54, 1.807) is 24.4 Å². The van der Waals surface area contributed by atoms with Crippen LogP contribution in [0.15, 0.2) is 59.7 Å². The topological polar surface area (TPSA) is 73.6 Å². The summed E-state index contributed by atoms with van der Waals surface area (Å²) in [7, 11) is 0. The van der Waals surface area contributed by atoms with Crippen LogP contribution in [0.2, 0.25) is 0 Å². The average molecular weight is 420 g/mol. The van der Waals surface area contributed by atoms with E-state index in [9.17, 15) is 9.50 Å². The van der Waals surface area contributed by atoms with Gasteiger partial charge >= 0.3 is 0 Å². The van der Waals surface area contributed by atoms with Crippen LogP contribution in [0, 0.1) is 5.82 Å². The lowest BCUT2D eigenvalue weighted by atomic mass is 10.1. The van der Waals surface area contributed by atoms with E-state index in [-0.39, 0.29) is 11.6 Å². The van der Waals surface area contributed by atoms with Gasteiger partial charge in [0.25, 0.3) is 0 Å². The predicted octanol–water partition coefficient (Wildman–Crippen LogP) is 3.92. The Morgan fingerprint density at radius 1 is 1.16 bits per heavy atom. The van der Waals surface area contributed by atoms with E-state index in [0.717, 1.165) is 30.8 Å². The molecule has 0 bridgehead atoms. The molecule has 0 spiro atoms. The third kappa shape index (κ3) is 5.44. The van der Waals surface area contributed by atoms with Crippen LogP contribution in [0.1, 0.15) is 18.1 Å². The van der Waals surface area contributed by atoms with Gasteiger partial charge in [0.1, 0.15) is 11.6 Å². The zero-order chi connectivity index (χ0) is 21.6. The molecular weight excluding hydrogens is 393 g/mol. The fourth-order valence-electron chi connectivity index (χ4n) is 3.63. The Kier molecular flexibility index (Phi) is 6.52. The van der Waals surface area contributed by atoms with Gasteiger partial charge in [0.15, 0.2) is 0 Å². The summed E-state index contributed by atoms with van der Waals surface area (Å²) in [4.78, 5) is 15.4. The summed E-state index contributed by atoms with van der Waals surface area (Å²) in [6.07, 6.45) is 4.28. The summed E-state index contributed by atoms with van der Waals surface area (Å²) < 4.78 is 14.6. The molecule has 0 saturated carbocycles. The highest BCUT2D eigenvalue weighted by atomic mass is 19.1. The van der Waals surface area contributed by atoms with Gasteiger partial charge in [-0.2, -0.15) is 0 Å². The summed E-state index contributed by atoms with van der Waals surface area (Å²) in [5.74, 6) is 0.391. The highest BCUT2D eigenvalue weighted by Crippen LogP contribution is 2.24. The number of phenolic OH excluding ortho intramolecular Hbond substituents is 1. The van der Waals surface area contributed by atoms with Gasteiger partial charge in [-0.15, -0.1) is 0 Å². The molecule has 1 unspecified atom stereocenters. The number of aromatic nitrogens is 2. The second-order valence-corrected chi connectivity index (χ2v) is 7.75. The molecule has 160 valence electrons. The maximum atomic E-state index is 14.6. The molecule has 31 heavy (non-hydrogen) atoms. The molecule has 0 radical (unpaired) electrons. The molecule has 0 fully saturated rings. The molecule has 0 aliphatic carbocycles. The van der Waals surface area contributed by atoms with Crippen molar-refractivity contribution < 1.29 is 9.50 Å². The monoisotopic (exact) mass is 419 g/mol. The summed E-state index contributed by atoms with van der Waals surface area (Å²) in [6, 6.07) is 14.4. The van der Waals surface area contributed by atoms with Crippen LogP contribution in [0.4, 0.5) is 10.3 Å². The molecule has 2 N–H and O–H groups in total. The number of aliphatic imine (C=N–C) groups is 1. The second-order valence-electron chi connectivity index (χ2n) is 7.75. The van der Waals surface area contributed by atoms with Crippen LogP contribution in [-0.2, 0) is 13.0 Å². The summed E-state index contributed by atoms with van der Waals surface area (Å²) in [5.41, 5.74) is 3.06. The van der Waals surface area contributed by atoms with Crippen molar-refractivity contribution in [1.82, 2.24) is 14.9 Å². The molecule has 2 aromatic carbocycles. The van der Waals surface area contributed by atoms with Gasteiger partial charge in [-0.05, 0) is 54.8 Å². The fourth-order valence-corrected chi connectivity index (χ4v) is 3.63. The Labute approximate surface area is 181 Å². The number of nitrogens with one attached hydrogen (secondary N) is 1. The summed E-state index contributed by atoms with van der Waals surface area (Å²) in [5, 5.41) is 12.7. The number of phenols is 1. The quantitative estimate of drug-likeness (QED) is 0.607. The Hall–Kier alpha value is -3.32. The number of halogens is 1. The van der Waals surface area contributed by atoms with Crippen LogP contribution < -0.4 is 5.32 Å². The van der Waals surface area contributed by atoms with Crippen LogP contribution in [0.25, 0.3) is 11.3 Å². The zero-order valence-electron chi connectivity index (χ0n) is 17.5. The molecule has 4 rings (SSSR count). The van der Waals surface area contributed by atoms with E-state index in [1.807, 2.05) is 30.5 Å². The van der Waals surface area contributed by atoms with Gasteiger partial charge in [0, 0.05) is 43.7 Å². The first-order valence-corrected chi connectivity index (χ1v) is 10.4. The van der Waals surface area contributed by atoms with E-state index in [2.05, 4.69) is 32.1 Å². The maximum absolute atomic E-state index is 14.6. The molecular formula is C24H26FN5O. The number of hydrogen-bond acceptors (Lipinski definition) is 6. The zero-order valence-corrected chi connectivity index (χ0v) is 17.5. The van der Waals surface area contributed by atoms with Crippen LogP contribution in [0.5, 0.6) is 5.75 Å². The van der Waals surface area contributed by atoms with Crippen LogP contribution in [0.3, 0.4) is 0 Å². The van der Waals surface area contributed by atoms with Gasteiger partial charge in [-0.1, -0.05) is 18.2 Å². The number of hydrogen-bond donors (Lipinski definition) is 2. The Morgan fingerprint density at radius 3 is 2.90 bits per heavy atom. The number of aromatic hydroxyl groups is 1. The smallest absolute Gasteiger partial charge is 0.223 e. The number of rotatable bonds is 7. The Balaban J connectivity index is 1.45. The standard InChI is InChI=1S/C24H26FN5O/c1-17-15-26-11-12-30(17)16-19-5-6-22(25)21(14-19)23-8-10-28-24(29-23)27-9-7-18-3-2-4-20(31)13-18/h2-6,8,10-11,13-14,17,31H,7,9,12,15-16H2,1H3,(H,27,28,29). The van der Waals surface area contributed by atoms with Crippen molar-refractivity contribution in [2.45, 2.75) is 25.9 Å². The minimum atomic E-state index is -0.304. The normalized spacial score (nSPS) is 16.4. The molecule has 0 amide bonds. The SMILES string of the molecule is CC1CN=CCN1Cc1ccc(F)c(-c2ccnc(NCCc3cccc(O)c3)n2)c1. The van der Waals surface area contributed by atoms with Crippen molar-refractivity contribution in [2.75, 3.05) is 25.0 Å². The molecule has 7 heteroatoms. The largest absolute Gasteiger partial charge is 0.508 e. The predicted molar refractivity (Wildman–Crippen MR) is 121 cm³/mol. The van der Waals surface area contributed by atoms with E-state index in [4.69, 9.17) is 0 Å². The molecule has 3 aromatic rings.